The number of nitro benzene ring substituents is 1. The average molecular weight is 248 g/mol. The Kier molecular flexibility index (Phi) is 5.21. The Morgan fingerprint density at radius 2 is 2.39 bits per heavy atom. The summed E-state index contributed by atoms with van der Waals surface area (Å²) < 4.78 is 5.08. The van der Waals surface area contributed by atoms with Crippen molar-refractivity contribution < 1.29 is 9.66 Å². The van der Waals surface area contributed by atoms with Gasteiger partial charge in [-0.3, -0.25) is 10.1 Å². The van der Waals surface area contributed by atoms with Crippen molar-refractivity contribution in [3.63, 3.8) is 0 Å². The van der Waals surface area contributed by atoms with Gasteiger partial charge >= 0.3 is 0 Å². The van der Waals surface area contributed by atoms with Crippen LogP contribution >= 0.6 is 0 Å². The highest BCUT2D eigenvalue weighted by Crippen LogP contribution is 2.25. The maximum absolute atomic E-state index is 10.6. The van der Waals surface area contributed by atoms with E-state index in [9.17, 15) is 10.1 Å². The van der Waals surface area contributed by atoms with Crippen LogP contribution in [0.15, 0.2) is 29.4 Å². The van der Waals surface area contributed by atoms with E-state index in [0.717, 1.165) is 5.56 Å². The van der Waals surface area contributed by atoms with E-state index >= 15 is 0 Å². The zero-order chi connectivity index (χ0) is 13.4. The molecule has 7 heteroatoms. The molecule has 0 heterocycles. The molecule has 0 radical (unpaired) electrons. The second kappa shape index (κ2) is 6.93. The van der Waals surface area contributed by atoms with Crippen molar-refractivity contribution >= 4 is 11.8 Å². The highest BCUT2D eigenvalue weighted by molar-refractivity contribution is 5.60. The molecule has 0 aromatic heterocycles. The summed E-state index contributed by atoms with van der Waals surface area (Å²) in [6.07, 6.45) is 4.19. The molecule has 0 fully saturated rings. The standard InChI is InChI=1S/C11H12N4O3/c1-18-11-8-10(15(16)17)6-5-9(11)4-2-3-7-13-14-12/h2,4-6,8H,3,7H2,1H3. The van der Waals surface area contributed by atoms with Gasteiger partial charge in [0.2, 0.25) is 0 Å². The van der Waals surface area contributed by atoms with Crippen molar-refractivity contribution in [3.05, 3.63) is 50.4 Å². The van der Waals surface area contributed by atoms with Gasteiger partial charge in [-0.25, -0.2) is 0 Å². The van der Waals surface area contributed by atoms with E-state index in [4.69, 9.17) is 10.3 Å². The Morgan fingerprint density at radius 3 is 3.00 bits per heavy atom. The molecular weight excluding hydrogens is 236 g/mol. The third kappa shape index (κ3) is 3.80. The van der Waals surface area contributed by atoms with Crippen molar-refractivity contribution in [1.82, 2.24) is 0 Å². The van der Waals surface area contributed by atoms with Crippen LogP contribution in [0.25, 0.3) is 16.5 Å². The normalized spacial score (nSPS) is 10.1. The Bertz CT molecular complexity index is 507. The number of non-ortho nitro benzene ring substituents is 1. The largest absolute Gasteiger partial charge is 0.496 e. The molecule has 0 bridgehead atoms. The van der Waals surface area contributed by atoms with Crippen LogP contribution in [0.1, 0.15) is 12.0 Å². The van der Waals surface area contributed by atoms with Gasteiger partial charge in [0, 0.05) is 23.1 Å². The molecule has 0 aliphatic rings. The number of methoxy groups -OCH3 is 1. The van der Waals surface area contributed by atoms with Gasteiger partial charge < -0.3 is 4.74 Å². The van der Waals surface area contributed by atoms with Gasteiger partial charge in [0.15, 0.2) is 0 Å². The summed E-state index contributed by atoms with van der Waals surface area (Å²) in [6.45, 7) is 0.377. The van der Waals surface area contributed by atoms with Crippen LogP contribution in [0, 0.1) is 10.1 Å². The van der Waals surface area contributed by atoms with E-state index in [0.29, 0.717) is 18.7 Å². The first-order valence-corrected chi connectivity index (χ1v) is 5.19. The summed E-state index contributed by atoms with van der Waals surface area (Å²) in [7, 11) is 1.45. The first kappa shape index (κ1) is 13.5. The lowest BCUT2D eigenvalue weighted by Crippen LogP contribution is -1.92. The maximum Gasteiger partial charge on any atom is 0.273 e. The van der Waals surface area contributed by atoms with Gasteiger partial charge in [-0.05, 0) is 18.0 Å². The minimum atomic E-state index is -0.475. The van der Waals surface area contributed by atoms with Crippen molar-refractivity contribution in [2.75, 3.05) is 13.7 Å². The van der Waals surface area contributed by atoms with Crippen LogP contribution in [-0.4, -0.2) is 18.6 Å². The van der Waals surface area contributed by atoms with E-state index in [1.807, 2.05) is 6.08 Å². The summed E-state index contributed by atoms with van der Waals surface area (Å²) in [5, 5.41) is 14.0. The molecule has 0 saturated carbocycles. The van der Waals surface area contributed by atoms with Gasteiger partial charge in [-0.2, -0.15) is 0 Å². The van der Waals surface area contributed by atoms with Gasteiger partial charge in [-0.1, -0.05) is 17.3 Å². The number of hydrogen-bond donors (Lipinski definition) is 0. The lowest BCUT2D eigenvalue weighted by molar-refractivity contribution is -0.384. The molecule has 0 aliphatic carbocycles. The third-order valence-corrected chi connectivity index (χ3v) is 2.18. The maximum atomic E-state index is 10.6. The van der Waals surface area contributed by atoms with Crippen molar-refractivity contribution in [3.8, 4) is 5.75 Å². The Labute approximate surface area is 103 Å². The second-order valence-corrected chi connectivity index (χ2v) is 3.33. The molecule has 0 amide bonds. The summed E-state index contributed by atoms with van der Waals surface area (Å²) in [6, 6.07) is 4.39. The minimum Gasteiger partial charge on any atom is -0.496 e. The zero-order valence-electron chi connectivity index (χ0n) is 9.81. The number of nitrogens with zero attached hydrogens (tertiary/aromatic N) is 4. The van der Waals surface area contributed by atoms with Gasteiger partial charge in [0.05, 0.1) is 18.1 Å². The fraction of sp³-hybridized carbons (Fsp3) is 0.273. The topological polar surface area (TPSA) is 101 Å². The van der Waals surface area contributed by atoms with Crippen LogP contribution in [0.4, 0.5) is 5.69 Å². The average Bonchev–Trinajstić information content (AvgIpc) is 2.38. The van der Waals surface area contributed by atoms with E-state index in [1.54, 1.807) is 12.1 Å². The Morgan fingerprint density at radius 1 is 1.61 bits per heavy atom. The monoisotopic (exact) mass is 248 g/mol. The zero-order valence-corrected chi connectivity index (χ0v) is 9.81. The number of ether oxygens (including phenoxy) is 1. The molecule has 0 unspecified atom stereocenters. The summed E-state index contributed by atoms with van der Waals surface area (Å²) in [5.74, 6) is 0.434. The van der Waals surface area contributed by atoms with Crippen LogP contribution < -0.4 is 4.74 Å². The lowest BCUT2D eigenvalue weighted by atomic mass is 10.1. The van der Waals surface area contributed by atoms with Crippen LogP contribution in [-0.2, 0) is 0 Å². The number of azide groups is 1. The lowest BCUT2D eigenvalue weighted by Gasteiger charge is -2.03. The van der Waals surface area contributed by atoms with Crippen LogP contribution in [0.3, 0.4) is 0 Å². The fourth-order valence-corrected chi connectivity index (χ4v) is 1.34. The van der Waals surface area contributed by atoms with Crippen LogP contribution in [0.5, 0.6) is 5.75 Å². The third-order valence-electron chi connectivity index (χ3n) is 2.18. The first-order valence-electron chi connectivity index (χ1n) is 5.19. The highest BCUT2D eigenvalue weighted by atomic mass is 16.6. The quantitative estimate of drug-likeness (QED) is 0.193. The van der Waals surface area contributed by atoms with Gasteiger partial charge in [0.1, 0.15) is 5.75 Å². The molecule has 18 heavy (non-hydrogen) atoms. The van der Waals surface area contributed by atoms with E-state index in [1.165, 1.54) is 19.2 Å². The van der Waals surface area contributed by atoms with E-state index in [-0.39, 0.29) is 5.69 Å². The predicted octanol–water partition coefficient (Wildman–Crippen LogP) is 3.32. The molecule has 1 aromatic rings. The van der Waals surface area contributed by atoms with Crippen LogP contribution in [0.2, 0.25) is 0 Å². The molecule has 0 N–H and O–H groups in total. The molecular formula is C11H12N4O3. The van der Waals surface area contributed by atoms with Crippen molar-refractivity contribution in [2.45, 2.75) is 6.42 Å². The number of hydrogen-bond acceptors (Lipinski definition) is 4. The summed E-state index contributed by atoms with van der Waals surface area (Å²) in [5.41, 5.74) is 8.82. The minimum absolute atomic E-state index is 0.0157. The highest BCUT2D eigenvalue weighted by Gasteiger charge is 2.09. The molecule has 1 aromatic carbocycles. The van der Waals surface area contributed by atoms with Crippen molar-refractivity contribution in [1.29, 1.82) is 0 Å². The van der Waals surface area contributed by atoms with E-state index < -0.39 is 4.92 Å². The molecule has 94 valence electrons. The molecule has 7 nitrogen and oxygen atoms in total. The Balaban J connectivity index is 2.82. The SMILES string of the molecule is COc1cc([N+](=O)[O-])ccc1C=CCCN=[N+]=[N-]. The van der Waals surface area contributed by atoms with E-state index in [2.05, 4.69) is 10.0 Å². The molecule has 0 atom stereocenters. The molecule has 0 saturated heterocycles. The molecule has 0 aliphatic heterocycles. The number of rotatable bonds is 6. The van der Waals surface area contributed by atoms with Crippen molar-refractivity contribution in [2.24, 2.45) is 5.11 Å². The summed E-state index contributed by atoms with van der Waals surface area (Å²) in [4.78, 5) is 12.8. The molecule has 1 rings (SSSR count). The number of nitro groups is 1. The number of benzene rings is 1. The smallest absolute Gasteiger partial charge is 0.273 e. The predicted molar refractivity (Wildman–Crippen MR) is 67.3 cm³/mol. The van der Waals surface area contributed by atoms with Gasteiger partial charge in [0.25, 0.3) is 5.69 Å². The molecule has 0 spiro atoms. The fourth-order valence-electron chi connectivity index (χ4n) is 1.34. The second-order valence-electron chi connectivity index (χ2n) is 3.33. The summed E-state index contributed by atoms with van der Waals surface area (Å²) >= 11 is 0. The first-order chi connectivity index (χ1) is 8.69. The van der Waals surface area contributed by atoms with Gasteiger partial charge in [-0.15, -0.1) is 0 Å². The Hall–Kier alpha value is -2.53.